The van der Waals surface area contributed by atoms with E-state index in [2.05, 4.69) is 20.2 Å². The highest BCUT2D eigenvalue weighted by Gasteiger charge is 2.21. The summed E-state index contributed by atoms with van der Waals surface area (Å²) in [5.74, 6) is 0.767. The number of carbonyl (C=O) groups is 1. The molecule has 3 rings (SSSR count). The molecule has 0 saturated heterocycles. The van der Waals surface area contributed by atoms with Gasteiger partial charge in [-0.25, -0.2) is 9.59 Å². The van der Waals surface area contributed by atoms with Crippen LogP contribution in [0.4, 0.5) is 16.2 Å². The summed E-state index contributed by atoms with van der Waals surface area (Å²) in [5, 5.41) is 2.60. The van der Waals surface area contributed by atoms with Gasteiger partial charge in [-0.3, -0.25) is 4.90 Å². The second-order valence-corrected chi connectivity index (χ2v) is 5.30. The van der Waals surface area contributed by atoms with Crippen LogP contribution in [0.2, 0.25) is 0 Å². The third kappa shape index (κ3) is 3.01. The zero-order chi connectivity index (χ0) is 16.4. The van der Waals surface area contributed by atoms with Crippen LogP contribution >= 0.6 is 0 Å². The average molecular weight is 317 g/mol. The van der Waals surface area contributed by atoms with Crippen LogP contribution in [-0.2, 0) is 6.54 Å². The second kappa shape index (κ2) is 6.07. The molecule has 0 fully saturated rings. The standard InChI is InChI=1S/C15H19N5O3/c1-16-15(22)19(2)11-3-4-13-12(7-11)20(5-6-23-13)9-10-8-17-14(21)18-10/h3-4,7-8H,5-6,9H2,1-2H3,(H,16,22)(H2,17,18,21). The van der Waals surface area contributed by atoms with Crippen molar-refractivity contribution in [2.45, 2.75) is 6.54 Å². The molecule has 8 nitrogen and oxygen atoms in total. The molecule has 8 heteroatoms. The van der Waals surface area contributed by atoms with Crippen LogP contribution in [0, 0.1) is 0 Å². The van der Waals surface area contributed by atoms with E-state index < -0.39 is 0 Å². The molecule has 3 N–H and O–H groups in total. The van der Waals surface area contributed by atoms with Gasteiger partial charge >= 0.3 is 11.7 Å². The van der Waals surface area contributed by atoms with Gasteiger partial charge in [-0.2, -0.15) is 0 Å². The number of carbonyl (C=O) groups excluding carboxylic acids is 1. The minimum absolute atomic E-state index is 0.191. The number of rotatable bonds is 3. The van der Waals surface area contributed by atoms with Crippen molar-refractivity contribution in [3.05, 3.63) is 40.6 Å². The van der Waals surface area contributed by atoms with Gasteiger partial charge in [-0.1, -0.05) is 0 Å². The fraction of sp³-hybridized carbons (Fsp3) is 0.333. The smallest absolute Gasteiger partial charge is 0.323 e. The molecule has 0 unspecified atom stereocenters. The minimum Gasteiger partial charge on any atom is -0.490 e. The summed E-state index contributed by atoms with van der Waals surface area (Å²) in [7, 11) is 3.30. The Bertz CT molecular complexity index is 766. The van der Waals surface area contributed by atoms with Crippen molar-refractivity contribution in [2.24, 2.45) is 0 Å². The van der Waals surface area contributed by atoms with Crippen molar-refractivity contribution >= 4 is 17.4 Å². The van der Waals surface area contributed by atoms with Crippen molar-refractivity contribution in [3.63, 3.8) is 0 Å². The summed E-state index contributed by atoms with van der Waals surface area (Å²) in [6.45, 7) is 1.84. The van der Waals surface area contributed by atoms with Gasteiger partial charge in [0.2, 0.25) is 0 Å². The van der Waals surface area contributed by atoms with Crippen LogP contribution in [0.1, 0.15) is 5.69 Å². The number of fused-ring (bicyclic) bond motifs is 1. The maximum Gasteiger partial charge on any atom is 0.323 e. The molecule has 1 aromatic carbocycles. The fourth-order valence-electron chi connectivity index (χ4n) is 2.58. The fourth-order valence-corrected chi connectivity index (χ4v) is 2.58. The maximum atomic E-state index is 11.8. The third-order valence-electron chi connectivity index (χ3n) is 3.82. The van der Waals surface area contributed by atoms with Crippen molar-refractivity contribution in [1.29, 1.82) is 0 Å². The van der Waals surface area contributed by atoms with Gasteiger partial charge in [0.15, 0.2) is 0 Å². The Kier molecular flexibility index (Phi) is 3.96. The monoisotopic (exact) mass is 317 g/mol. The van der Waals surface area contributed by atoms with Gasteiger partial charge in [0.25, 0.3) is 0 Å². The quantitative estimate of drug-likeness (QED) is 0.783. The summed E-state index contributed by atoms with van der Waals surface area (Å²) in [6, 6.07) is 5.42. The summed E-state index contributed by atoms with van der Waals surface area (Å²) in [6.07, 6.45) is 1.66. The van der Waals surface area contributed by atoms with Crippen LogP contribution < -0.4 is 25.5 Å². The maximum absolute atomic E-state index is 11.8. The lowest BCUT2D eigenvalue weighted by molar-refractivity contribution is 0.249. The summed E-state index contributed by atoms with van der Waals surface area (Å²) >= 11 is 0. The molecule has 2 heterocycles. The normalized spacial score (nSPS) is 13.2. The molecule has 0 saturated carbocycles. The average Bonchev–Trinajstić information content (AvgIpc) is 2.98. The molecule has 0 aliphatic carbocycles. The predicted molar refractivity (Wildman–Crippen MR) is 87.3 cm³/mol. The molecule has 2 aromatic rings. The molecular weight excluding hydrogens is 298 g/mol. The lowest BCUT2D eigenvalue weighted by Gasteiger charge is -2.32. The number of benzene rings is 1. The summed E-state index contributed by atoms with van der Waals surface area (Å²) in [5.41, 5.74) is 2.24. The Labute approximate surface area is 133 Å². The number of H-pyrrole nitrogens is 2. The molecule has 0 bridgehead atoms. The minimum atomic E-state index is -0.221. The number of ether oxygens (including phenoxy) is 1. The van der Waals surface area contributed by atoms with Crippen molar-refractivity contribution < 1.29 is 9.53 Å². The zero-order valence-electron chi connectivity index (χ0n) is 13.0. The van der Waals surface area contributed by atoms with Gasteiger partial charge in [0.1, 0.15) is 12.4 Å². The van der Waals surface area contributed by atoms with Gasteiger partial charge in [0.05, 0.1) is 24.5 Å². The van der Waals surface area contributed by atoms with Crippen LogP contribution in [0.25, 0.3) is 0 Å². The van der Waals surface area contributed by atoms with Crippen LogP contribution in [0.15, 0.2) is 29.2 Å². The molecule has 0 atom stereocenters. The first-order chi connectivity index (χ1) is 11.1. The van der Waals surface area contributed by atoms with Crippen molar-refractivity contribution in [3.8, 4) is 5.75 Å². The molecule has 0 spiro atoms. The van der Waals surface area contributed by atoms with E-state index in [0.717, 1.165) is 22.8 Å². The van der Waals surface area contributed by atoms with Gasteiger partial charge < -0.3 is 24.9 Å². The molecule has 23 heavy (non-hydrogen) atoms. The van der Waals surface area contributed by atoms with E-state index in [-0.39, 0.29) is 11.7 Å². The lowest BCUT2D eigenvalue weighted by atomic mass is 10.2. The molecule has 0 radical (unpaired) electrons. The molecule has 1 aliphatic rings. The molecule has 2 amide bonds. The second-order valence-electron chi connectivity index (χ2n) is 5.30. The SMILES string of the molecule is CNC(=O)N(C)c1ccc2c(c1)N(Cc1c[nH]c(=O)[nH]1)CCO2. The number of urea groups is 1. The summed E-state index contributed by atoms with van der Waals surface area (Å²) in [4.78, 5) is 32.0. The molecule has 122 valence electrons. The first kappa shape index (κ1) is 15.0. The first-order valence-corrected chi connectivity index (χ1v) is 7.32. The number of imidazole rings is 1. The number of aromatic nitrogens is 2. The van der Waals surface area contributed by atoms with Crippen molar-refractivity contribution in [2.75, 3.05) is 37.0 Å². The van der Waals surface area contributed by atoms with E-state index in [4.69, 9.17) is 4.74 Å². The highest BCUT2D eigenvalue weighted by molar-refractivity contribution is 5.92. The topological polar surface area (TPSA) is 93.5 Å². The van der Waals surface area contributed by atoms with E-state index in [1.54, 1.807) is 20.3 Å². The predicted octanol–water partition coefficient (Wildman–Crippen LogP) is 0.878. The Hall–Kier alpha value is -2.90. The van der Waals surface area contributed by atoms with E-state index in [1.807, 2.05) is 18.2 Å². The van der Waals surface area contributed by atoms with Crippen LogP contribution in [0.5, 0.6) is 5.75 Å². The molecular formula is C15H19N5O3. The van der Waals surface area contributed by atoms with Crippen LogP contribution in [0.3, 0.4) is 0 Å². The Morgan fingerprint density at radius 2 is 2.30 bits per heavy atom. The number of anilines is 2. The Morgan fingerprint density at radius 1 is 1.48 bits per heavy atom. The van der Waals surface area contributed by atoms with Gasteiger partial charge in [-0.15, -0.1) is 0 Å². The van der Waals surface area contributed by atoms with Gasteiger partial charge in [0, 0.05) is 26.0 Å². The van der Waals surface area contributed by atoms with E-state index in [0.29, 0.717) is 19.7 Å². The number of nitrogens with one attached hydrogen (secondary N) is 3. The number of aromatic amines is 2. The van der Waals surface area contributed by atoms with E-state index in [9.17, 15) is 9.59 Å². The van der Waals surface area contributed by atoms with Crippen molar-refractivity contribution in [1.82, 2.24) is 15.3 Å². The molecule has 1 aromatic heterocycles. The van der Waals surface area contributed by atoms with E-state index >= 15 is 0 Å². The van der Waals surface area contributed by atoms with Crippen LogP contribution in [-0.4, -0.2) is 43.2 Å². The summed E-state index contributed by atoms with van der Waals surface area (Å²) < 4.78 is 5.68. The zero-order valence-corrected chi connectivity index (χ0v) is 13.0. The number of nitrogens with zero attached hydrogens (tertiary/aromatic N) is 2. The first-order valence-electron chi connectivity index (χ1n) is 7.32. The Balaban J connectivity index is 1.89. The number of amides is 2. The number of hydrogen-bond donors (Lipinski definition) is 3. The largest absolute Gasteiger partial charge is 0.490 e. The third-order valence-corrected chi connectivity index (χ3v) is 3.82. The molecule has 1 aliphatic heterocycles. The van der Waals surface area contributed by atoms with E-state index in [1.165, 1.54) is 4.90 Å². The highest BCUT2D eigenvalue weighted by atomic mass is 16.5. The number of hydrogen-bond acceptors (Lipinski definition) is 4. The highest BCUT2D eigenvalue weighted by Crippen LogP contribution is 2.35. The Morgan fingerprint density at radius 3 is 3.00 bits per heavy atom. The van der Waals surface area contributed by atoms with Gasteiger partial charge in [-0.05, 0) is 18.2 Å². The lowest BCUT2D eigenvalue weighted by Crippen LogP contribution is -2.36.